The van der Waals surface area contributed by atoms with Crippen molar-refractivity contribution in [2.24, 2.45) is 0 Å². The summed E-state index contributed by atoms with van der Waals surface area (Å²) in [5, 5.41) is 27.1. The summed E-state index contributed by atoms with van der Waals surface area (Å²) in [6.07, 6.45) is -0.258. The molecule has 15 heavy (non-hydrogen) atoms. The van der Waals surface area contributed by atoms with E-state index in [2.05, 4.69) is 0 Å². The summed E-state index contributed by atoms with van der Waals surface area (Å²) >= 11 is 3.74. The summed E-state index contributed by atoms with van der Waals surface area (Å²) in [5.74, 6) is -0.989. The number of phenols is 1. The van der Waals surface area contributed by atoms with Gasteiger partial charge in [0.15, 0.2) is 0 Å². The highest BCUT2D eigenvalue weighted by Crippen LogP contribution is 2.31. The van der Waals surface area contributed by atoms with E-state index in [4.69, 9.17) is 10.4 Å². The van der Waals surface area contributed by atoms with Gasteiger partial charge >= 0.3 is 5.97 Å². The van der Waals surface area contributed by atoms with Crippen molar-refractivity contribution in [3.63, 3.8) is 0 Å². The smallest absolute Gasteiger partial charge is 0.307 e. The van der Waals surface area contributed by atoms with E-state index in [1.165, 1.54) is 6.07 Å². The first-order valence-corrected chi connectivity index (χ1v) is 5.94. The van der Waals surface area contributed by atoms with E-state index in [0.29, 0.717) is 18.3 Å². The summed E-state index contributed by atoms with van der Waals surface area (Å²) in [6.45, 7) is 0. The number of aromatic hydroxyl groups is 1. The van der Waals surface area contributed by atoms with Gasteiger partial charge < -0.3 is 10.2 Å². The summed E-state index contributed by atoms with van der Waals surface area (Å²) in [6, 6.07) is 3.41. The van der Waals surface area contributed by atoms with Crippen LogP contribution in [0.25, 0.3) is 0 Å². The van der Waals surface area contributed by atoms with E-state index >= 15 is 0 Å². The topological polar surface area (TPSA) is 81.3 Å². The largest absolute Gasteiger partial charge is 0.506 e. The lowest BCUT2D eigenvalue weighted by Gasteiger charge is -2.08. The fraction of sp³-hybridized carbons (Fsp3) is 0.111. The van der Waals surface area contributed by atoms with E-state index in [-0.39, 0.29) is 12.2 Å². The number of carboxylic acids is 1. The van der Waals surface area contributed by atoms with Crippen molar-refractivity contribution in [2.75, 3.05) is 0 Å². The molecule has 0 unspecified atom stereocenters. The van der Waals surface area contributed by atoms with Crippen LogP contribution in [-0.4, -0.2) is 16.2 Å². The lowest BCUT2D eigenvalue weighted by atomic mass is 10.1. The Bertz CT molecular complexity index is 465. The molecule has 0 fully saturated rings. The van der Waals surface area contributed by atoms with Crippen molar-refractivity contribution in [1.82, 2.24) is 0 Å². The standard InChI is InChI=1S/C9H5I2NO3/c10-6-1-4(3-12)5(2-7(13)14)8(11)9(6)15/h1,15H,2H2,(H,13,14). The molecule has 0 spiro atoms. The maximum atomic E-state index is 10.6. The first-order chi connectivity index (χ1) is 6.97. The molecule has 6 heteroatoms. The minimum Gasteiger partial charge on any atom is -0.506 e. The van der Waals surface area contributed by atoms with Crippen LogP contribution in [0.2, 0.25) is 0 Å². The Morgan fingerprint density at radius 3 is 2.60 bits per heavy atom. The number of benzene rings is 1. The number of hydrogen-bond donors (Lipinski definition) is 2. The van der Waals surface area contributed by atoms with Gasteiger partial charge in [0, 0.05) is 0 Å². The fourth-order valence-corrected chi connectivity index (χ4v) is 2.94. The monoisotopic (exact) mass is 429 g/mol. The molecule has 0 saturated carbocycles. The van der Waals surface area contributed by atoms with E-state index in [0.717, 1.165) is 0 Å². The van der Waals surface area contributed by atoms with Gasteiger partial charge in [-0.15, -0.1) is 0 Å². The first kappa shape index (κ1) is 12.5. The quantitative estimate of drug-likeness (QED) is 0.707. The third-order valence-corrected chi connectivity index (χ3v) is 3.73. The molecule has 0 aliphatic heterocycles. The lowest BCUT2D eigenvalue weighted by molar-refractivity contribution is -0.136. The van der Waals surface area contributed by atoms with Gasteiger partial charge in [-0.05, 0) is 56.8 Å². The van der Waals surface area contributed by atoms with Gasteiger partial charge in [0.1, 0.15) is 5.75 Å². The highest BCUT2D eigenvalue weighted by atomic mass is 127. The van der Waals surface area contributed by atoms with Gasteiger partial charge in [-0.25, -0.2) is 0 Å². The normalized spacial score (nSPS) is 9.67. The van der Waals surface area contributed by atoms with Crippen LogP contribution >= 0.6 is 45.2 Å². The van der Waals surface area contributed by atoms with Crippen LogP contribution in [0.15, 0.2) is 6.07 Å². The molecule has 0 saturated heterocycles. The fourth-order valence-electron chi connectivity index (χ4n) is 1.07. The minimum absolute atomic E-state index is 0.0338. The van der Waals surface area contributed by atoms with Crippen LogP contribution in [0.4, 0.5) is 0 Å². The zero-order valence-corrected chi connectivity index (χ0v) is 11.6. The van der Waals surface area contributed by atoms with Crippen LogP contribution in [-0.2, 0) is 11.2 Å². The van der Waals surface area contributed by atoms with Crippen molar-refractivity contribution in [3.8, 4) is 11.8 Å². The van der Waals surface area contributed by atoms with E-state index in [1.54, 1.807) is 0 Å². The predicted octanol–water partition coefficient (Wildman–Crippen LogP) is 2.10. The highest BCUT2D eigenvalue weighted by Gasteiger charge is 2.16. The second-order valence-corrected chi connectivity index (χ2v) is 4.97. The number of carbonyl (C=O) groups is 1. The Morgan fingerprint density at radius 2 is 2.13 bits per heavy atom. The van der Waals surface area contributed by atoms with Gasteiger partial charge in [0.05, 0.1) is 25.2 Å². The minimum atomic E-state index is -1.02. The molecule has 2 N–H and O–H groups in total. The van der Waals surface area contributed by atoms with Gasteiger partial charge in [-0.1, -0.05) is 0 Å². The number of phenolic OH excluding ortho intramolecular Hbond substituents is 1. The SMILES string of the molecule is N#Cc1cc(I)c(O)c(I)c1CC(=O)O. The number of halogens is 2. The van der Waals surface area contributed by atoms with Gasteiger partial charge in [-0.2, -0.15) is 5.26 Å². The number of hydrogen-bond acceptors (Lipinski definition) is 3. The summed E-state index contributed by atoms with van der Waals surface area (Å²) < 4.78 is 0.973. The Hall–Kier alpha value is -0.560. The van der Waals surface area contributed by atoms with Crippen LogP contribution < -0.4 is 0 Å². The third kappa shape index (κ3) is 2.72. The molecule has 0 atom stereocenters. The van der Waals surface area contributed by atoms with Crippen molar-refractivity contribution < 1.29 is 15.0 Å². The number of rotatable bonds is 2. The van der Waals surface area contributed by atoms with Crippen LogP contribution in [0.5, 0.6) is 5.75 Å². The van der Waals surface area contributed by atoms with Crippen molar-refractivity contribution in [3.05, 3.63) is 24.3 Å². The average molecular weight is 429 g/mol. The van der Waals surface area contributed by atoms with Crippen LogP contribution in [0.3, 0.4) is 0 Å². The Morgan fingerprint density at radius 1 is 1.53 bits per heavy atom. The number of nitriles is 1. The number of nitrogens with zero attached hydrogens (tertiary/aromatic N) is 1. The molecule has 1 aromatic rings. The molecule has 0 radical (unpaired) electrons. The van der Waals surface area contributed by atoms with E-state index in [1.807, 2.05) is 51.3 Å². The average Bonchev–Trinajstić information content (AvgIpc) is 2.18. The second-order valence-electron chi connectivity index (χ2n) is 2.73. The molecule has 0 amide bonds. The maximum absolute atomic E-state index is 10.6. The van der Waals surface area contributed by atoms with Crippen molar-refractivity contribution >= 4 is 51.2 Å². The first-order valence-electron chi connectivity index (χ1n) is 3.79. The Balaban J connectivity index is 3.42. The van der Waals surface area contributed by atoms with Gasteiger partial charge in [-0.3, -0.25) is 4.79 Å². The van der Waals surface area contributed by atoms with Gasteiger partial charge in [0.25, 0.3) is 0 Å². The Kier molecular flexibility index (Phi) is 4.15. The summed E-state index contributed by atoms with van der Waals surface area (Å²) in [7, 11) is 0. The Labute approximate surface area is 113 Å². The van der Waals surface area contributed by atoms with Crippen molar-refractivity contribution in [1.29, 1.82) is 5.26 Å². The van der Waals surface area contributed by atoms with Crippen LogP contribution in [0.1, 0.15) is 11.1 Å². The third-order valence-electron chi connectivity index (χ3n) is 1.74. The highest BCUT2D eigenvalue weighted by molar-refractivity contribution is 14.1. The molecular weight excluding hydrogens is 424 g/mol. The van der Waals surface area contributed by atoms with E-state index in [9.17, 15) is 9.90 Å². The maximum Gasteiger partial charge on any atom is 0.307 e. The molecule has 4 nitrogen and oxygen atoms in total. The van der Waals surface area contributed by atoms with E-state index < -0.39 is 5.97 Å². The molecule has 0 aliphatic rings. The molecule has 1 aromatic carbocycles. The lowest BCUT2D eigenvalue weighted by Crippen LogP contribution is -2.05. The second kappa shape index (κ2) is 4.98. The molecule has 0 bridgehead atoms. The summed E-state index contributed by atoms with van der Waals surface area (Å²) in [5.41, 5.74) is 0.660. The van der Waals surface area contributed by atoms with Gasteiger partial charge in [0.2, 0.25) is 0 Å². The zero-order chi connectivity index (χ0) is 11.6. The number of carboxylic acid groups (broad SMARTS) is 1. The van der Waals surface area contributed by atoms with Crippen LogP contribution in [0, 0.1) is 18.5 Å². The number of aliphatic carboxylic acids is 1. The van der Waals surface area contributed by atoms with Crippen molar-refractivity contribution in [2.45, 2.75) is 6.42 Å². The molecule has 1 rings (SSSR count). The predicted molar refractivity (Wildman–Crippen MR) is 69.6 cm³/mol. The molecule has 0 aromatic heterocycles. The zero-order valence-electron chi connectivity index (χ0n) is 7.29. The summed E-state index contributed by atoms with van der Waals surface area (Å²) in [4.78, 5) is 10.6. The molecular formula is C9H5I2NO3. The molecule has 0 aliphatic carbocycles. The molecule has 0 heterocycles. The molecule has 78 valence electrons.